The summed E-state index contributed by atoms with van der Waals surface area (Å²) in [5.74, 6) is -2.03. The van der Waals surface area contributed by atoms with E-state index < -0.39 is 17.8 Å². The van der Waals surface area contributed by atoms with E-state index in [2.05, 4.69) is 15.8 Å². The van der Waals surface area contributed by atoms with Gasteiger partial charge in [-0.15, -0.1) is 0 Å². The molecular formula is C23H18N4O5. The molecule has 0 spiro atoms. The minimum Gasteiger partial charge on any atom is -0.457 e. The zero-order chi connectivity index (χ0) is 22.9. The van der Waals surface area contributed by atoms with Crippen LogP contribution in [0.3, 0.4) is 0 Å². The van der Waals surface area contributed by atoms with Crippen molar-refractivity contribution in [3.63, 3.8) is 0 Å². The highest BCUT2D eigenvalue weighted by atomic mass is 16.5. The summed E-state index contributed by atoms with van der Waals surface area (Å²) in [5, 5.41) is 15.0. The van der Waals surface area contributed by atoms with E-state index >= 15 is 0 Å². The van der Waals surface area contributed by atoms with Gasteiger partial charge in [0, 0.05) is 5.69 Å². The van der Waals surface area contributed by atoms with Crippen molar-refractivity contribution in [2.45, 2.75) is 13.3 Å². The quantitative estimate of drug-likeness (QED) is 0.203. The third-order valence-electron chi connectivity index (χ3n) is 4.23. The van der Waals surface area contributed by atoms with Crippen LogP contribution >= 0.6 is 0 Å². The zero-order valence-electron chi connectivity index (χ0n) is 17.0. The van der Waals surface area contributed by atoms with Crippen LogP contribution in [0, 0.1) is 11.3 Å². The number of anilines is 1. The Morgan fingerprint density at radius 3 is 2.38 bits per heavy atom. The maximum atomic E-state index is 12.0. The first-order valence-electron chi connectivity index (χ1n) is 9.44. The molecule has 9 nitrogen and oxygen atoms in total. The van der Waals surface area contributed by atoms with Gasteiger partial charge in [0.2, 0.25) is 5.76 Å². The van der Waals surface area contributed by atoms with Gasteiger partial charge in [0.15, 0.2) is 0 Å². The lowest BCUT2D eigenvalue weighted by Crippen LogP contribution is -2.32. The number of hydrogen-bond donors (Lipinski definition) is 2. The Bertz CT molecular complexity index is 1170. The molecule has 0 saturated carbocycles. The molecule has 1 heterocycles. The number of esters is 1. The van der Waals surface area contributed by atoms with E-state index in [-0.39, 0.29) is 12.2 Å². The van der Waals surface area contributed by atoms with Gasteiger partial charge in [0.1, 0.15) is 5.75 Å². The summed E-state index contributed by atoms with van der Waals surface area (Å²) in [5.41, 5.74) is 4.51. The Labute approximate surface area is 183 Å². The van der Waals surface area contributed by atoms with Crippen LogP contribution in [0.15, 0.2) is 76.4 Å². The maximum Gasteiger partial charge on any atom is 0.379 e. The van der Waals surface area contributed by atoms with Gasteiger partial charge < -0.3 is 14.5 Å². The Morgan fingerprint density at radius 2 is 1.75 bits per heavy atom. The van der Waals surface area contributed by atoms with E-state index in [9.17, 15) is 14.4 Å². The Balaban J connectivity index is 1.53. The van der Waals surface area contributed by atoms with Crippen molar-refractivity contribution in [1.82, 2.24) is 5.43 Å². The van der Waals surface area contributed by atoms with Gasteiger partial charge in [0.25, 0.3) is 0 Å². The number of carbonyl (C=O) groups is 3. The molecule has 0 aliphatic heterocycles. The van der Waals surface area contributed by atoms with E-state index in [1.165, 1.54) is 12.3 Å². The fourth-order valence-corrected chi connectivity index (χ4v) is 2.55. The molecule has 9 heteroatoms. The summed E-state index contributed by atoms with van der Waals surface area (Å²) in [6, 6.07) is 18.1. The molecule has 160 valence electrons. The number of hydrogen-bond acceptors (Lipinski definition) is 7. The van der Waals surface area contributed by atoms with Crippen LogP contribution in [0.4, 0.5) is 5.69 Å². The first-order valence-corrected chi connectivity index (χ1v) is 9.44. The van der Waals surface area contributed by atoms with Gasteiger partial charge in [-0.25, -0.2) is 10.2 Å². The summed E-state index contributed by atoms with van der Waals surface area (Å²) in [4.78, 5) is 35.9. The zero-order valence-corrected chi connectivity index (χ0v) is 17.0. The highest BCUT2D eigenvalue weighted by Gasteiger charge is 2.14. The molecule has 0 fully saturated rings. The summed E-state index contributed by atoms with van der Waals surface area (Å²) < 4.78 is 10.2. The predicted octanol–water partition coefficient (Wildman–Crippen LogP) is 3.04. The number of furan rings is 1. The lowest BCUT2D eigenvalue weighted by molar-refractivity contribution is -0.136. The number of rotatable bonds is 6. The molecule has 0 unspecified atom stereocenters. The molecule has 0 aliphatic rings. The largest absolute Gasteiger partial charge is 0.457 e. The van der Waals surface area contributed by atoms with Crippen LogP contribution in [-0.2, 0) is 16.0 Å². The number of amides is 2. The highest BCUT2D eigenvalue weighted by molar-refractivity contribution is 6.39. The van der Waals surface area contributed by atoms with E-state index in [0.29, 0.717) is 22.7 Å². The summed E-state index contributed by atoms with van der Waals surface area (Å²) in [6.45, 7) is 1.65. The third kappa shape index (κ3) is 5.90. The van der Waals surface area contributed by atoms with Crippen LogP contribution < -0.4 is 15.5 Å². The maximum absolute atomic E-state index is 12.0. The van der Waals surface area contributed by atoms with Crippen LogP contribution in [-0.4, -0.2) is 23.5 Å². The van der Waals surface area contributed by atoms with Crippen molar-refractivity contribution in [2.75, 3.05) is 5.32 Å². The average Bonchev–Trinajstić information content (AvgIpc) is 3.34. The van der Waals surface area contributed by atoms with Crippen molar-refractivity contribution >= 4 is 29.2 Å². The number of nitrogens with one attached hydrogen (secondary N) is 2. The SMILES string of the molecule is C/C(=N\NC(=O)C(=O)Nc1ccc(CC#N)cc1)c1ccc(OC(=O)c2ccco2)cc1. The minimum absolute atomic E-state index is 0.0888. The molecule has 0 saturated heterocycles. The Morgan fingerprint density at radius 1 is 1.03 bits per heavy atom. The first-order chi connectivity index (χ1) is 15.5. The fourth-order valence-electron chi connectivity index (χ4n) is 2.55. The molecule has 32 heavy (non-hydrogen) atoms. The molecule has 2 aromatic carbocycles. The smallest absolute Gasteiger partial charge is 0.379 e. The number of ether oxygens (including phenoxy) is 1. The molecule has 2 amide bonds. The molecule has 3 aromatic rings. The lowest BCUT2D eigenvalue weighted by Gasteiger charge is -2.06. The molecule has 0 radical (unpaired) electrons. The number of nitriles is 1. The van der Waals surface area contributed by atoms with Crippen molar-refractivity contribution in [3.05, 3.63) is 83.8 Å². The summed E-state index contributed by atoms with van der Waals surface area (Å²) in [7, 11) is 0. The molecule has 0 atom stereocenters. The van der Waals surface area contributed by atoms with Gasteiger partial charge in [-0.05, 0) is 66.6 Å². The molecule has 0 aliphatic carbocycles. The normalized spacial score (nSPS) is 10.7. The number of carbonyl (C=O) groups excluding carboxylic acids is 3. The molecule has 2 N–H and O–H groups in total. The first kappa shape index (κ1) is 22.0. The highest BCUT2D eigenvalue weighted by Crippen LogP contribution is 2.15. The van der Waals surface area contributed by atoms with Crippen LogP contribution in [0.1, 0.15) is 28.6 Å². The number of hydrazone groups is 1. The van der Waals surface area contributed by atoms with Crippen molar-refractivity contribution in [1.29, 1.82) is 5.26 Å². The van der Waals surface area contributed by atoms with Gasteiger partial charge in [-0.2, -0.15) is 10.4 Å². The lowest BCUT2D eigenvalue weighted by atomic mass is 10.1. The van der Waals surface area contributed by atoms with E-state index in [1.54, 1.807) is 61.5 Å². The average molecular weight is 430 g/mol. The van der Waals surface area contributed by atoms with Crippen molar-refractivity contribution in [2.24, 2.45) is 5.10 Å². The summed E-state index contributed by atoms with van der Waals surface area (Å²) in [6.07, 6.45) is 1.64. The topological polar surface area (TPSA) is 134 Å². The minimum atomic E-state index is -0.936. The standard InChI is InChI=1S/C23H18N4O5/c1-15(17-6-10-19(11-7-17)32-23(30)20-3-2-14-31-20)26-27-22(29)21(28)25-18-8-4-16(5-9-18)12-13-24/h2-11,14H,12H2,1H3,(H,25,28)(H,27,29)/b26-15+. The van der Waals surface area contributed by atoms with Crippen molar-refractivity contribution < 1.29 is 23.5 Å². The third-order valence-corrected chi connectivity index (χ3v) is 4.23. The van der Waals surface area contributed by atoms with Crippen molar-refractivity contribution in [3.8, 4) is 11.8 Å². The predicted molar refractivity (Wildman–Crippen MR) is 115 cm³/mol. The van der Waals surface area contributed by atoms with Gasteiger partial charge >= 0.3 is 17.8 Å². The fraction of sp³-hybridized carbons (Fsp3) is 0.0870. The van der Waals surface area contributed by atoms with E-state index in [1.807, 2.05) is 6.07 Å². The Kier molecular flexibility index (Phi) is 7.12. The molecule has 0 bridgehead atoms. The van der Waals surface area contributed by atoms with Gasteiger partial charge in [0.05, 0.1) is 24.5 Å². The summed E-state index contributed by atoms with van der Waals surface area (Å²) >= 11 is 0. The molecular weight excluding hydrogens is 412 g/mol. The monoisotopic (exact) mass is 430 g/mol. The molecule has 1 aromatic heterocycles. The number of nitrogens with zero attached hydrogens (tertiary/aromatic N) is 2. The van der Waals surface area contributed by atoms with E-state index in [0.717, 1.165) is 5.56 Å². The second-order valence-electron chi connectivity index (χ2n) is 6.52. The second-order valence-corrected chi connectivity index (χ2v) is 6.52. The second kappa shape index (κ2) is 10.4. The van der Waals surface area contributed by atoms with Crippen LogP contribution in [0.5, 0.6) is 5.75 Å². The number of benzene rings is 2. The van der Waals surface area contributed by atoms with E-state index in [4.69, 9.17) is 14.4 Å². The van der Waals surface area contributed by atoms with Crippen LogP contribution in [0.25, 0.3) is 0 Å². The Hall–Kier alpha value is -4.71. The van der Waals surface area contributed by atoms with Gasteiger partial charge in [-0.1, -0.05) is 12.1 Å². The van der Waals surface area contributed by atoms with Gasteiger partial charge in [-0.3, -0.25) is 9.59 Å². The molecule has 3 rings (SSSR count). The van der Waals surface area contributed by atoms with Crippen LogP contribution in [0.2, 0.25) is 0 Å².